The fourth-order valence-electron chi connectivity index (χ4n) is 3.82. The van der Waals surface area contributed by atoms with Crippen molar-refractivity contribution < 1.29 is 13.2 Å². The van der Waals surface area contributed by atoms with Gasteiger partial charge in [-0.05, 0) is 0 Å². The van der Waals surface area contributed by atoms with Crippen molar-refractivity contribution in [3.8, 4) is 0 Å². The van der Waals surface area contributed by atoms with Crippen LogP contribution in [0.1, 0.15) is 106 Å². The molecule has 0 saturated carbocycles. The van der Waals surface area contributed by atoms with E-state index in [0.29, 0.717) is 6.42 Å². The maximum absolute atomic E-state index is 15.4. The molecule has 0 heterocycles. The first-order valence-corrected chi connectivity index (χ1v) is 23.7. The van der Waals surface area contributed by atoms with Crippen LogP contribution in [0.15, 0.2) is 10.2 Å². The van der Waals surface area contributed by atoms with Gasteiger partial charge in [0.2, 0.25) is 0 Å². The summed E-state index contributed by atoms with van der Waals surface area (Å²) in [7, 11) is -2.30. The molecule has 0 rings (SSSR count). The molecule has 0 aromatic carbocycles. The van der Waals surface area contributed by atoms with Gasteiger partial charge in [-0.25, -0.2) is 0 Å². The number of rotatable bonds is 17. The van der Waals surface area contributed by atoms with Crippen LogP contribution in [0.2, 0.25) is 31.4 Å². The Bertz CT molecular complexity index is 478. The van der Waals surface area contributed by atoms with Gasteiger partial charge in [-0.1, -0.05) is 0 Å². The molecule has 0 N–H and O–H groups in total. The van der Waals surface area contributed by atoms with Crippen molar-refractivity contribution >= 4 is 26.7 Å². The van der Waals surface area contributed by atoms with E-state index >= 15 is 8.78 Å². The van der Waals surface area contributed by atoms with E-state index < -0.39 is 38.7 Å². The molecule has 0 aliphatic heterocycles. The van der Waals surface area contributed by atoms with E-state index in [1.165, 1.54) is 51.8 Å². The fraction of sp³-hybridized carbons (Fsp3) is 0.923. The van der Waals surface area contributed by atoms with Crippen molar-refractivity contribution in [1.82, 2.24) is 0 Å². The Morgan fingerprint density at radius 2 is 1.23 bits per heavy atom. The van der Waals surface area contributed by atoms with Gasteiger partial charge in [0.05, 0.1) is 0 Å². The van der Waals surface area contributed by atoms with Gasteiger partial charge in [0.15, 0.2) is 0 Å². The minimum absolute atomic E-state index is 0.0749. The summed E-state index contributed by atoms with van der Waals surface area (Å²) in [6, 6.07) is 0. The van der Waals surface area contributed by atoms with Gasteiger partial charge in [-0.3, -0.25) is 0 Å². The van der Waals surface area contributed by atoms with Crippen LogP contribution >= 0.6 is 0 Å². The molecular weight excluding hydrogens is 513 g/mol. The molecule has 5 heteroatoms. The molecule has 31 heavy (non-hydrogen) atoms. The van der Waals surface area contributed by atoms with Gasteiger partial charge in [0, 0.05) is 0 Å². The topological polar surface area (TPSA) is 9.23 Å². The summed E-state index contributed by atoms with van der Waals surface area (Å²) < 4.78 is 43.5. The summed E-state index contributed by atoms with van der Waals surface area (Å²) in [5.41, 5.74) is 0. The third-order valence-electron chi connectivity index (χ3n) is 7.22. The van der Waals surface area contributed by atoms with Gasteiger partial charge < -0.3 is 0 Å². The van der Waals surface area contributed by atoms with E-state index in [4.69, 9.17) is 4.43 Å². The summed E-state index contributed by atoms with van der Waals surface area (Å²) >= 11 is -2.63. The van der Waals surface area contributed by atoms with Crippen LogP contribution in [0.25, 0.3) is 0 Å². The molecule has 0 aliphatic rings. The molecule has 0 saturated heterocycles. The average molecular weight is 568 g/mol. The molecule has 1 atom stereocenters. The first-order chi connectivity index (χ1) is 14.3. The zero-order valence-electron chi connectivity index (χ0n) is 22.4. The van der Waals surface area contributed by atoms with Crippen molar-refractivity contribution in [1.29, 1.82) is 0 Å². The molecule has 0 radical (unpaired) electrons. The standard InChI is InChI=1S/C14H27F2OSi.3C4H9.Sn/c1-8-10-11-14(15,16)12(9-2)17-18(6,7)13(3,4)5;3*1-3-4-2;/h2,9,12H,8,10-11H2,1,3-7H3;3*1,3-4H2,2H3;/t12-;;;;/m0..../s1. The van der Waals surface area contributed by atoms with Crippen molar-refractivity contribution in [2.45, 2.75) is 150 Å². The monoisotopic (exact) mass is 568 g/mol. The molecule has 0 aliphatic carbocycles. The predicted octanol–water partition coefficient (Wildman–Crippen LogP) is 10.1. The summed E-state index contributed by atoms with van der Waals surface area (Å²) in [5.74, 6) is -2.79. The Hall–Kier alpha value is 0.576. The molecule has 0 fully saturated rings. The van der Waals surface area contributed by atoms with Gasteiger partial charge in [0.1, 0.15) is 0 Å². The number of hydrogen-bond acceptors (Lipinski definition) is 1. The summed E-state index contributed by atoms with van der Waals surface area (Å²) in [6.45, 7) is 19.4. The third kappa shape index (κ3) is 11.5. The van der Waals surface area contributed by atoms with Gasteiger partial charge in [-0.15, -0.1) is 0 Å². The molecule has 0 aromatic rings. The molecule has 1 nitrogen and oxygen atoms in total. The Morgan fingerprint density at radius 1 is 0.806 bits per heavy atom. The van der Waals surface area contributed by atoms with Crippen LogP contribution in [-0.2, 0) is 4.43 Å². The van der Waals surface area contributed by atoms with Crippen molar-refractivity contribution in [3.05, 3.63) is 10.2 Å². The van der Waals surface area contributed by atoms with Gasteiger partial charge >= 0.3 is 200 Å². The minimum atomic E-state index is -2.79. The zero-order chi connectivity index (χ0) is 24.2. The molecule has 0 spiro atoms. The van der Waals surface area contributed by atoms with Crippen LogP contribution in [0.3, 0.4) is 0 Å². The average Bonchev–Trinajstić information content (AvgIpc) is 2.69. The number of unbranched alkanes of at least 4 members (excludes halogenated alkanes) is 4. The fourth-order valence-corrected chi connectivity index (χ4v) is 19.3. The number of alkyl halides is 2. The Labute approximate surface area is 199 Å². The Morgan fingerprint density at radius 3 is 1.58 bits per heavy atom. The van der Waals surface area contributed by atoms with Crippen LogP contribution in [0.4, 0.5) is 8.78 Å². The van der Waals surface area contributed by atoms with E-state index in [1.54, 1.807) is 0 Å². The van der Waals surface area contributed by atoms with Crippen molar-refractivity contribution in [3.63, 3.8) is 0 Å². The van der Waals surface area contributed by atoms with Gasteiger partial charge in [0.25, 0.3) is 0 Å². The third-order valence-corrected chi connectivity index (χ3v) is 25.8. The summed E-state index contributed by atoms with van der Waals surface area (Å²) in [4.78, 5) is 0. The molecule has 0 bridgehead atoms. The maximum atomic E-state index is 15.4. The molecule has 186 valence electrons. The van der Waals surface area contributed by atoms with E-state index in [0.717, 1.165) is 6.42 Å². The summed E-state index contributed by atoms with van der Waals surface area (Å²) in [5, 5.41) is -0.0765. The second-order valence-electron chi connectivity index (χ2n) is 11.2. The Kier molecular flexibility index (Phi) is 15.0. The van der Waals surface area contributed by atoms with Crippen LogP contribution < -0.4 is 0 Å². The molecule has 0 unspecified atom stereocenters. The summed E-state index contributed by atoms with van der Waals surface area (Å²) in [6.07, 6.45) is 9.40. The second-order valence-corrected chi connectivity index (χ2v) is 29.0. The van der Waals surface area contributed by atoms with Crippen LogP contribution in [-0.4, -0.2) is 38.7 Å². The molecule has 0 aromatic heterocycles. The predicted molar refractivity (Wildman–Crippen MR) is 141 cm³/mol. The van der Waals surface area contributed by atoms with E-state index in [9.17, 15) is 0 Å². The van der Waals surface area contributed by atoms with Crippen molar-refractivity contribution in [2.75, 3.05) is 0 Å². The number of halogens is 2. The normalized spacial score (nSPS) is 15.1. The van der Waals surface area contributed by atoms with E-state index in [2.05, 4.69) is 58.7 Å². The van der Waals surface area contributed by atoms with E-state index in [1.807, 2.05) is 13.0 Å². The molecular formula is C26H54F2OSiSn. The van der Waals surface area contributed by atoms with Gasteiger partial charge in [-0.2, -0.15) is 0 Å². The first-order valence-electron chi connectivity index (χ1n) is 13.1. The van der Waals surface area contributed by atoms with E-state index in [-0.39, 0.29) is 11.5 Å². The second kappa shape index (κ2) is 14.8. The Balaban J connectivity index is 6.06. The zero-order valence-corrected chi connectivity index (χ0v) is 26.2. The molecule has 0 amide bonds. The van der Waals surface area contributed by atoms with Crippen molar-refractivity contribution in [2.24, 2.45) is 0 Å². The van der Waals surface area contributed by atoms with Crippen LogP contribution in [0, 0.1) is 0 Å². The quantitative estimate of drug-likeness (QED) is 0.159. The first kappa shape index (κ1) is 31.6. The van der Waals surface area contributed by atoms with Crippen LogP contribution in [0.5, 0.6) is 0 Å². The number of hydrogen-bond donors (Lipinski definition) is 0. The SMILES string of the molecule is CCCCC(F)(F)[C@H](/C=[CH]/[Sn]([CH2]CCC)([CH2]CCC)[CH2]CCC)O[Si](C)(C)C(C)(C)C.